The standard InChI is InChI=1S/C43H27N3/c1-3-12-30(13-4-1)41-44-42(31-14-5-2-6-15-31)46-43(45-41)34-22-20-28-19-21-33(25-35(28)26-34)39-27-32-16-8-10-18-37(32)40-36-17-9-7-11-29(36)23-24-38(39)40/h1-27H. The zero-order valence-corrected chi connectivity index (χ0v) is 24.9. The van der Waals surface area contributed by atoms with Crippen molar-refractivity contribution in [1.29, 1.82) is 0 Å². The van der Waals surface area contributed by atoms with E-state index >= 15 is 0 Å². The lowest BCUT2D eigenvalue weighted by Crippen LogP contribution is -2.00. The molecule has 3 heteroatoms. The van der Waals surface area contributed by atoms with Gasteiger partial charge >= 0.3 is 0 Å². The van der Waals surface area contributed by atoms with Crippen LogP contribution in [0.5, 0.6) is 0 Å². The highest BCUT2D eigenvalue weighted by atomic mass is 15.0. The Balaban J connectivity index is 1.23. The van der Waals surface area contributed by atoms with Crippen LogP contribution < -0.4 is 0 Å². The molecular weight excluding hydrogens is 558 g/mol. The van der Waals surface area contributed by atoms with Crippen LogP contribution in [0.2, 0.25) is 0 Å². The number of hydrogen-bond acceptors (Lipinski definition) is 3. The van der Waals surface area contributed by atoms with Crippen molar-refractivity contribution in [2.75, 3.05) is 0 Å². The first-order valence-corrected chi connectivity index (χ1v) is 15.5. The molecule has 3 nitrogen and oxygen atoms in total. The molecule has 0 amide bonds. The normalized spacial score (nSPS) is 11.5. The smallest absolute Gasteiger partial charge is 0.164 e. The fraction of sp³-hybridized carbons (Fsp3) is 0. The summed E-state index contributed by atoms with van der Waals surface area (Å²) >= 11 is 0. The first kappa shape index (κ1) is 26.2. The molecule has 0 N–H and O–H groups in total. The molecule has 46 heavy (non-hydrogen) atoms. The molecule has 8 aromatic carbocycles. The lowest BCUT2D eigenvalue weighted by Gasteiger charge is -2.14. The van der Waals surface area contributed by atoms with Gasteiger partial charge in [-0.25, -0.2) is 15.0 Å². The van der Waals surface area contributed by atoms with Gasteiger partial charge in [0.2, 0.25) is 0 Å². The topological polar surface area (TPSA) is 38.7 Å². The fourth-order valence-electron chi connectivity index (χ4n) is 6.60. The van der Waals surface area contributed by atoms with Crippen LogP contribution in [0.4, 0.5) is 0 Å². The monoisotopic (exact) mass is 585 g/mol. The van der Waals surface area contributed by atoms with Crippen LogP contribution in [0.15, 0.2) is 164 Å². The molecule has 0 aliphatic carbocycles. The second-order valence-electron chi connectivity index (χ2n) is 11.7. The van der Waals surface area contributed by atoms with Gasteiger partial charge in [0.05, 0.1) is 0 Å². The first-order valence-electron chi connectivity index (χ1n) is 15.5. The minimum absolute atomic E-state index is 0.655. The van der Waals surface area contributed by atoms with E-state index in [-0.39, 0.29) is 0 Å². The van der Waals surface area contributed by atoms with Gasteiger partial charge in [-0.2, -0.15) is 0 Å². The molecule has 9 rings (SSSR count). The number of benzene rings is 8. The average molecular weight is 586 g/mol. The molecule has 0 unspecified atom stereocenters. The maximum atomic E-state index is 4.97. The van der Waals surface area contributed by atoms with E-state index in [9.17, 15) is 0 Å². The van der Waals surface area contributed by atoms with E-state index in [1.165, 1.54) is 48.8 Å². The highest BCUT2D eigenvalue weighted by Crippen LogP contribution is 2.40. The van der Waals surface area contributed by atoms with Crippen molar-refractivity contribution in [1.82, 2.24) is 15.0 Å². The summed E-state index contributed by atoms with van der Waals surface area (Å²) in [5, 5.41) is 9.91. The second-order valence-corrected chi connectivity index (χ2v) is 11.7. The number of nitrogens with zero attached hydrogens (tertiary/aromatic N) is 3. The van der Waals surface area contributed by atoms with Crippen molar-refractivity contribution in [3.8, 4) is 45.3 Å². The molecule has 0 bridgehead atoms. The molecule has 1 aromatic heterocycles. The maximum Gasteiger partial charge on any atom is 0.164 e. The SMILES string of the molecule is c1ccc(-c2nc(-c3ccccc3)nc(-c3ccc4ccc(-c5cc6ccccc6c6c5ccc5ccccc56)cc4c3)n2)cc1. The van der Waals surface area contributed by atoms with E-state index < -0.39 is 0 Å². The fourth-order valence-corrected chi connectivity index (χ4v) is 6.60. The van der Waals surface area contributed by atoms with Gasteiger partial charge in [0.1, 0.15) is 0 Å². The van der Waals surface area contributed by atoms with Gasteiger partial charge in [-0.3, -0.25) is 0 Å². The Morgan fingerprint density at radius 1 is 0.283 bits per heavy atom. The Hall–Kier alpha value is -6.19. The van der Waals surface area contributed by atoms with Gasteiger partial charge in [-0.1, -0.05) is 146 Å². The Morgan fingerprint density at radius 2 is 0.783 bits per heavy atom. The summed E-state index contributed by atoms with van der Waals surface area (Å²) in [7, 11) is 0. The molecule has 0 aliphatic rings. The molecule has 0 atom stereocenters. The maximum absolute atomic E-state index is 4.97. The summed E-state index contributed by atoms with van der Waals surface area (Å²) in [6.07, 6.45) is 0. The van der Waals surface area contributed by atoms with Gasteiger partial charge in [0.15, 0.2) is 17.5 Å². The lowest BCUT2D eigenvalue weighted by molar-refractivity contribution is 1.07. The number of rotatable bonds is 4. The van der Waals surface area contributed by atoms with Crippen molar-refractivity contribution in [3.05, 3.63) is 164 Å². The van der Waals surface area contributed by atoms with Crippen LogP contribution in [0.25, 0.3) is 88.4 Å². The van der Waals surface area contributed by atoms with Crippen LogP contribution in [0.3, 0.4) is 0 Å². The minimum atomic E-state index is 0.655. The van der Waals surface area contributed by atoms with E-state index in [0.29, 0.717) is 17.5 Å². The van der Waals surface area contributed by atoms with Crippen molar-refractivity contribution < 1.29 is 0 Å². The van der Waals surface area contributed by atoms with Crippen molar-refractivity contribution >= 4 is 43.1 Å². The molecule has 0 saturated carbocycles. The Bertz CT molecular complexity index is 2500. The molecular formula is C43H27N3. The second kappa shape index (κ2) is 10.8. The Morgan fingerprint density at radius 3 is 1.46 bits per heavy atom. The van der Waals surface area contributed by atoms with E-state index in [0.717, 1.165) is 22.1 Å². The predicted octanol–water partition coefficient (Wildman–Crippen LogP) is 11.2. The van der Waals surface area contributed by atoms with Crippen molar-refractivity contribution in [2.24, 2.45) is 0 Å². The molecule has 1 heterocycles. The van der Waals surface area contributed by atoms with Crippen LogP contribution >= 0.6 is 0 Å². The zero-order chi connectivity index (χ0) is 30.5. The van der Waals surface area contributed by atoms with Crippen LogP contribution in [0.1, 0.15) is 0 Å². The van der Waals surface area contributed by atoms with Gasteiger partial charge < -0.3 is 0 Å². The Kier molecular flexibility index (Phi) is 6.14. The summed E-state index contributed by atoms with van der Waals surface area (Å²) in [5.41, 5.74) is 5.28. The summed E-state index contributed by atoms with van der Waals surface area (Å²) < 4.78 is 0. The highest BCUT2D eigenvalue weighted by molar-refractivity contribution is 6.24. The summed E-state index contributed by atoms with van der Waals surface area (Å²) in [6, 6.07) is 57.7. The molecule has 0 radical (unpaired) electrons. The summed E-state index contributed by atoms with van der Waals surface area (Å²) in [6.45, 7) is 0. The van der Waals surface area contributed by atoms with Crippen LogP contribution in [-0.4, -0.2) is 15.0 Å². The number of fused-ring (bicyclic) bond motifs is 6. The molecule has 0 aliphatic heterocycles. The molecule has 214 valence electrons. The van der Waals surface area contributed by atoms with Crippen LogP contribution in [-0.2, 0) is 0 Å². The van der Waals surface area contributed by atoms with E-state index in [4.69, 9.17) is 15.0 Å². The molecule has 0 saturated heterocycles. The largest absolute Gasteiger partial charge is 0.208 e. The average Bonchev–Trinajstić information content (AvgIpc) is 3.14. The quantitative estimate of drug-likeness (QED) is 0.193. The zero-order valence-electron chi connectivity index (χ0n) is 24.9. The lowest BCUT2D eigenvalue weighted by atomic mass is 9.89. The van der Waals surface area contributed by atoms with E-state index in [1.54, 1.807) is 0 Å². The summed E-state index contributed by atoms with van der Waals surface area (Å²) in [5.74, 6) is 1.98. The van der Waals surface area contributed by atoms with E-state index in [1.807, 2.05) is 60.7 Å². The third-order valence-corrected chi connectivity index (χ3v) is 8.86. The molecule has 9 aromatic rings. The van der Waals surface area contributed by atoms with Crippen LogP contribution in [0, 0.1) is 0 Å². The third-order valence-electron chi connectivity index (χ3n) is 8.86. The Labute approximate surface area is 266 Å². The molecule has 0 spiro atoms. The molecule has 0 fully saturated rings. The van der Waals surface area contributed by atoms with E-state index in [2.05, 4.69) is 103 Å². The van der Waals surface area contributed by atoms with Gasteiger partial charge in [0, 0.05) is 16.7 Å². The number of hydrogen-bond donors (Lipinski definition) is 0. The predicted molar refractivity (Wildman–Crippen MR) is 192 cm³/mol. The number of aromatic nitrogens is 3. The van der Waals surface area contributed by atoms with Gasteiger partial charge in [-0.15, -0.1) is 0 Å². The van der Waals surface area contributed by atoms with Crippen molar-refractivity contribution in [2.45, 2.75) is 0 Å². The highest BCUT2D eigenvalue weighted by Gasteiger charge is 2.15. The van der Waals surface area contributed by atoms with Gasteiger partial charge in [0.25, 0.3) is 0 Å². The van der Waals surface area contributed by atoms with Gasteiger partial charge in [-0.05, 0) is 72.4 Å². The minimum Gasteiger partial charge on any atom is -0.208 e. The third kappa shape index (κ3) is 4.49. The van der Waals surface area contributed by atoms with Crippen molar-refractivity contribution in [3.63, 3.8) is 0 Å². The summed E-state index contributed by atoms with van der Waals surface area (Å²) in [4.78, 5) is 14.8. The first-order chi connectivity index (χ1) is 22.8.